The molecule has 2 aromatic heterocycles. The molecule has 0 saturated carbocycles. The van der Waals surface area contributed by atoms with Gasteiger partial charge in [-0.1, -0.05) is 0 Å². The summed E-state index contributed by atoms with van der Waals surface area (Å²) >= 11 is 0. The molecule has 0 aliphatic carbocycles. The van der Waals surface area contributed by atoms with Gasteiger partial charge in [-0.15, -0.1) is 0 Å². The van der Waals surface area contributed by atoms with E-state index in [2.05, 4.69) is 20.7 Å². The van der Waals surface area contributed by atoms with Crippen LogP contribution in [0.3, 0.4) is 0 Å². The quantitative estimate of drug-likeness (QED) is 0.529. The fourth-order valence-corrected chi connectivity index (χ4v) is 2.51. The van der Waals surface area contributed by atoms with Gasteiger partial charge in [0.15, 0.2) is 17.3 Å². The Kier molecular flexibility index (Phi) is 3.78. The van der Waals surface area contributed by atoms with Gasteiger partial charge in [0, 0.05) is 41.2 Å². The molecule has 7 nitrogen and oxygen atoms in total. The van der Waals surface area contributed by atoms with Crippen LogP contribution in [-0.2, 0) is 10.8 Å². The Morgan fingerprint density at radius 2 is 2.39 bits per heavy atom. The molecule has 0 saturated heterocycles. The number of fused-ring (bicyclic) bond motifs is 1. The summed E-state index contributed by atoms with van der Waals surface area (Å²) in [6.07, 6.45) is 6.92. The molecule has 0 bridgehead atoms. The standard InChI is InChI=1S/C10H16N6OS/c1-7(6-18(2)17)13-9-10-12-3-4-16(10)5-8(14-9)15-11/h3-5,7,15H,6,11H2,1-2H3,(H,13,14). The van der Waals surface area contributed by atoms with Crippen LogP contribution in [-0.4, -0.2) is 36.6 Å². The van der Waals surface area contributed by atoms with E-state index in [-0.39, 0.29) is 6.04 Å². The van der Waals surface area contributed by atoms with Gasteiger partial charge in [-0.3, -0.25) is 4.21 Å². The number of hydrogen-bond acceptors (Lipinski definition) is 6. The van der Waals surface area contributed by atoms with Crippen LogP contribution in [0.4, 0.5) is 11.6 Å². The van der Waals surface area contributed by atoms with Crippen molar-refractivity contribution in [1.29, 1.82) is 0 Å². The Morgan fingerprint density at radius 1 is 1.61 bits per heavy atom. The van der Waals surface area contributed by atoms with Crippen LogP contribution in [0.2, 0.25) is 0 Å². The van der Waals surface area contributed by atoms with Gasteiger partial charge in [-0.2, -0.15) is 0 Å². The fourth-order valence-electron chi connectivity index (χ4n) is 1.73. The first-order chi connectivity index (χ1) is 8.60. The van der Waals surface area contributed by atoms with Crippen LogP contribution in [0.25, 0.3) is 5.65 Å². The van der Waals surface area contributed by atoms with Crippen LogP contribution in [0, 0.1) is 0 Å². The molecule has 0 fully saturated rings. The first-order valence-electron chi connectivity index (χ1n) is 5.47. The number of anilines is 2. The molecule has 4 N–H and O–H groups in total. The van der Waals surface area contributed by atoms with E-state index >= 15 is 0 Å². The summed E-state index contributed by atoms with van der Waals surface area (Å²) < 4.78 is 13.0. The Labute approximate surface area is 107 Å². The molecule has 2 atom stereocenters. The second-order valence-electron chi connectivity index (χ2n) is 4.06. The molecule has 8 heteroatoms. The lowest BCUT2D eigenvalue weighted by atomic mass is 10.4. The highest BCUT2D eigenvalue weighted by Gasteiger charge is 2.11. The maximum Gasteiger partial charge on any atom is 0.180 e. The van der Waals surface area contributed by atoms with Crippen molar-refractivity contribution in [3.8, 4) is 0 Å². The van der Waals surface area contributed by atoms with E-state index in [1.54, 1.807) is 18.6 Å². The number of aromatic nitrogens is 3. The fraction of sp³-hybridized carbons (Fsp3) is 0.400. The van der Waals surface area contributed by atoms with Gasteiger partial charge in [0.1, 0.15) is 0 Å². The van der Waals surface area contributed by atoms with Gasteiger partial charge < -0.3 is 15.1 Å². The summed E-state index contributed by atoms with van der Waals surface area (Å²) in [4.78, 5) is 8.53. The van der Waals surface area contributed by atoms with E-state index in [1.807, 2.05) is 17.5 Å². The zero-order valence-corrected chi connectivity index (χ0v) is 11.1. The smallest absolute Gasteiger partial charge is 0.180 e. The van der Waals surface area contributed by atoms with Crippen molar-refractivity contribution in [3.05, 3.63) is 18.6 Å². The van der Waals surface area contributed by atoms with Gasteiger partial charge in [0.25, 0.3) is 0 Å². The lowest BCUT2D eigenvalue weighted by molar-refractivity contribution is 0.683. The maximum atomic E-state index is 11.2. The molecular formula is C10H16N6OS. The Balaban J connectivity index is 2.30. The molecule has 0 aliphatic rings. The Hall–Kier alpha value is -1.67. The number of nitrogens with two attached hydrogens (primary N) is 1. The molecule has 0 amide bonds. The second kappa shape index (κ2) is 5.32. The van der Waals surface area contributed by atoms with Crippen molar-refractivity contribution >= 4 is 28.1 Å². The molecule has 18 heavy (non-hydrogen) atoms. The highest BCUT2D eigenvalue weighted by atomic mass is 32.2. The summed E-state index contributed by atoms with van der Waals surface area (Å²) in [7, 11) is -0.858. The normalized spacial score (nSPS) is 14.4. The highest BCUT2D eigenvalue weighted by Crippen LogP contribution is 2.16. The van der Waals surface area contributed by atoms with Gasteiger partial charge in [-0.25, -0.2) is 15.8 Å². The largest absolute Gasteiger partial charge is 0.364 e. The summed E-state index contributed by atoms with van der Waals surface area (Å²) in [5.74, 6) is 7.07. The number of hydrogen-bond donors (Lipinski definition) is 3. The monoisotopic (exact) mass is 268 g/mol. The number of nitrogens with one attached hydrogen (secondary N) is 2. The molecule has 98 valence electrons. The predicted octanol–water partition coefficient (Wildman–Crippen LogP) is 0.194. The van der Waals surface area contributed by atoms with Crippen LogP contribution in [0.15, 0.2) is 18.6 Å². The average Bonchev–Trinajstić information content (AvgIpc) is 2.75. The van der Waals surface area contributed by atoms with Crippen LogP contribution >= 0.6 is 0 Å². The van der Waals surface area contributed by atoms with Gasteiger partial charge in [0.2, 0.25) is 0 Å². The summed E-state index contributed by atoms with van der Waals surface area (Å²) in [5.41, 5.74) is 3.21. The number of nitrogens with zero attached hydrogens (tertiary/aromatic N) is 3. The third-order valence-corrected chi connectivity index (χ3v) is 3.36. The van der Waals surface area contributed by atoms with Crippen molar-refractivity contribution in [2.75, 3.05) is 22.8 Å². The molecular weight excluding hydrogens is 252 g/mol. The highest BCUT2D eigenvalue weighted by molar-refractivity contribution is 7.84. The van der Waals surface area contributed by atoms with E-state index in [1.165, 1.54) is 0 Å². The first-order valence-corrected chi connectivity index (χ1v) is 7.19. The Morgan fingerprint density at radius 3 is 3.06 bits per heavy atom. The van der Waals surface area contributed by atoms with Crippen molar-refractivity contribution in [3.63, 3.8) is 0 Å². The minimum absolute atomic E-state index is 0.0388. The van der Waals surface area contributed by atoms with Gasteiger partial charge >= 0.3 is 0 Å². The van der Waals surface area contributed by atoms with Gasteiger partial charge in [0.05, 0.1) is 6.20 Å². The summed E-state index contributed by atoms with van der Waals surface area (Å²) in [6, 6.07) is 0.0388. The van der Waals surface area contributed by atoms with Crippen molar-refractivity contribution in [2.24, 2.45) is 5.84 Å². The van der Waals surface area contributed by atoms with Crippen LogP contribution in [0.1, 0.15) is 6.92 Å². The topological polar surface area (TPSA) is 97.3 Å². The zero-order valence-electron chi connectivity index (χ0n) is 10.3. The number of imidazole rings is 1. The second-order valence-corrected chi connectivity index (χ2v) is 5.54. The van der Waals surface area contributed by atoms with E-state index in [9.17, 15) is 4.21 Å². The molecule has 0 aromatic carbocycles. The Bertz CT molecular complexity index is 568. The van der Waals surface area contributed by atoms with Crippen molar-refractivity contribution in [1.82, 2.24) is 14.4 Å². The van der Waals surface area contributed by atoms with Crippen molar-refractivity contribution < 1.29 is 4.21 Å². The SMILES string of the molecule is CC(CS(C)=O)Nc1nc(NN)cn2ccnc12. The van der Waals surface area contributed by atoms with E-state index in [0.717, 1.165) is 0 Å². The third-order valence-electron chi connectivity index (χ3n) is 2.39. The molecule has 0 radical (unpaired) electrons. The van der Waals surface area contributed by atoms with E-state index in [4.69, 9.17) is 5.84 Å². The average molecular weight is 268 g/mol. The third kappa shape index (κ3) is 2.77. The lowest BCUT2D eigenvalue weighted by Gasteiger charge is -2.14. The number of rotatable bonds is 5. The number of hydrazine groups is 1. The molecule has 0 aliphatic heterocycles. The van der Waals surface area contributed by atoms with E-state index in [0.29, 0.717) is 23.0 Å². The summed E-state index contributed by atoms with van der Waals surface area (Å²) in [6.45, 7) is 1.95. The first kappa shape index (κ1) is 12.8. The molecule has 2 heterocycles. The predicted molar refractivity (Wildman–Crippen MR) is 72.8 cm³/mol. The lowest BCUT2D eigenvalue weighted by Crippen LogP contribution is -2.24. The van der Waals surface area contributed by atoms with Crippen molar-refractivity contribution in [2.45, 2.75) is 13.0 Å². The minimum Gasteiger partial charge on any atom is -0.364 e. The molecule has 2 rings (SSSR count). The van der Waals surface area contributed by atoms with Gasteiger partial charge in [-0.05, 0) is 6.92 Å². The molecule has 2 aromatic rings. The molecule has 0 spiro atoms. The van der Waals surface area contributed by atoms with Crippen LogP contribution in [0.5, 0.6) is 0 Å². The number of nitrogen functional groups attached to an aromatic ring is 1. The zero-order chi connectivity index (χ0) is 13.1. The summed E-state index contributed by atoms with van der Waals surface area (Å²) in [5, 5.41) is 3.19. The molecule has 2 unspecified atom stereocenters. The van der Waals surface area contributed by atoms with E-state index < -0.39 is 10.8 Å². The maximum absolute atomic E-state index is 11.2. The minimum atomic E-state index is -0.858. The van der Waals surface area contributed by atoms with Crippen LogP contribution < -0.4 is 16.6 Å².